The summed E-state index contributed by atoms with van der Waals surface area (Å²) in [5.74, 6) is 0. The lowest BCUT2D eigenvalue weighted by Gasteiger charge is -2.38. The summed E-state index contributed by atoms with van der Waals surface area (Å²) in [5, 5.41) is 19.9. The summed E-state index contributed by atoms with van der Waals surface area (Å²) in [4.78, 5) is 0.0280. The Morgan fingerprint density at radius 3 is 1.90 bits per heavy atom. The van der Waals surface area contributed by atoms with E-state index in [1.807, 2.05) is 0 Å². The van der Waals surface area contributed by atoms with Crippen LogP contribution in [-0.4, -0.2) is 34.0 Å². The van der Waals surface area contributed by atoms with Crippen LogP contribution >= 0.6 is 11.8 Å². The number of hydrogen-bond donors (Lipinski definition) is 2. The lowest BCUT2D eigenvalue weighted by molar-refractivity contribution is -0.0982. The molecule has 0 aliphatic heterocycles. The standard InChI is InChI=1S/C13H18BF3O3S/c1-11(2,18)12(3,4)20-14(19)9-5-7-10(8-6-9)21-13(15,16)17/h5-8,18-19H,1-4H3. The normalized spacial score (nSPS) is 13.4. The van der Waals surface area contributed by atoms with Gasteiger partial charge in [0.15, 0.2) is 0 Å². The molecule has 8 heteroatoms. The summed E-state index contributed by atoms with van der Waals surface area (Å²) >= 11 is -0.224. The van der Waals surface area contributed by atoms with Gasteiger partial charge in [-0.05, 0) is 57.1 Å². The van der Waals surface area contributed by atoms with Gasteiger partial charge in [0, 0.05) is 4.90 Å². The average molecular weight is 322 g/mol. The molecule has 0 radical (unpaired) electrons. The number of benzene rings is 1. The van der Waals surface area contributed by atoms with Crippen molar-refractivity contribution in [2.45, 2.75) is 49.3 Å². The molecule has 3 nitrogen and oxygen atoms in total. The molecule has 0 bridgehead atoms. The summed E-state index contributed by atoms with van der Waals surface area (Å²) in [6.45, 7) is 6.32. The van der Waals surface area contributed by atoms with Gasteiger partial charge in [-0.15, -0.1) is 0 Å². The van der Waals surface area contributed by atoms with E-state index in [0.717, 1.165) is 0 Å². The van der Waals surface area contributed by atoms with Gasteiger partial charge < -0.3 is 14.8 Å². The highest BCUT2D eigenvalue weighted by Crippen LogP contribution is 2.36. The monoisotopic (exact) mass is 322 g/mol. The number of thioether (sulfide) groups is 1. The van der Waals surface area contributed by atoms with E-state index < -0.39 is 23.8 Å². The Hall–Kier alpha value is -0.695. The summed E-state index contributed by atoms with van der Waals surface area (Å²) < 4.78 is 42.1. The molecule has 0 heterocycles. The smallest absolute Gasteiger partial charge is 0.423 e. The van der Waals surface area contributed by atoms with E-state index in [-0.39, 0.29) is 16.7 Å². The van der Waals surface area contributed by atoms with Gasteiger partial charge in [-0.1, -0.05) is 12.1 Å². The van der Waals surface area contributed by atoms with Gasteiger partial charge in [0.05, 0.1) is 11.2 Å². The topological polar surface area (TPSA) is 49.7 Å². The van der Waals surface area contributed by atoms with Crippen LogP contribution in [0.3, 0.4) is 0 Å². The first-order chi connectivity index (χ1) is 9.32. The fourth-order valence-corrected chi connectivity index (χ4v) is 1.86. The Balaban J connectivity index is 2.78. The highest BCUT2D eigenvalue weighted by atomic mass is 32.2. The predicted octanol–water partition coefficient (Wildman–Crippen LogP) is 2.55. The molecule has 0 aliphatic carbocycles. The molecule has 0 spiro atoms. The Morgan fingerprint density at radius 2 is 1.52 bits per heavy atom. The Bertz CT molecular complexity index is 469. The SMILES string of the molecule is CC(C)(O)C(C)(C)OB(O)c1ccc(SC(F)(F)F)cc1. The molecule has 0 saturated heterocycles. The third-order valence-corrected chi connectivity index (χ3v) is 4.02. The third-order valence-electron chi connectivity index (χ3n) is 3.28. The van der Waals surface area contributed by atoms with Gasteiger partial charge >= 0.3 is 12.6 Å². The van der Waals surface area contributed by atoms with Crippen molar-refractivity contribution in [2.75, 3.05) is 0 Å². The second-order valence-electron chi connectivity index (χ2n) is 5.66. The minimum absolute atomic E-state index is 0.0280. The van der Waals surface area contributed by atoms with Gasteiger partial charge in [0.25, 0.3) is 0 Å². The summed E-state index contributed by atoms with van der Waals surface area (Å²) in [7, 11) is -1.34. The molecule has 21 heavy (non-hydrogen) atoms. The molecule has 1 rings (SSSR count). The van der Waals surface area contributed by atoms with Crippen molar-refractivity contribution >= 4 is 24.3 Å². The van der Waals surface area contributed by atoms with Crippen molar-refractivity contribution in [1.29, 1.82) is 0 Å². The number of aliphatic hydroxyl groups is 1. The largest absolute Gasteiger partial charge is 0.491 e. The van der Waals surface area contributed by atoms with E-state index in [0.29, 0.717) is 5.46 Å². The molecule has 0 unspecified atom stereocenters. The van der Waals surface area contributed by atoms with E-state index >= 15 is 0 Å². The first-order valence-corrected chi connectivity index (χ1v) is 7.07. The van der Waals surface area contributed by atoms with Crippen LogP contribution in [0.25, 0.3) is 0 Å². The number of alkyl halides is 3. The van der Waals surface area contributed by atoms with Crippen LogP contribution in [0.15, 0.2) is 29.2 Å². The van der Waals surface area contributed by atoms with Gasteiger partial charge in [-0.2, -0.15) is 13.2 Å². The van der Waals surface area contributed by atoms with Crippen molar-refractivity contribution in [1.82, 2.24) is 0 Å². The van der Waals surface area contributed by atoms with Crippen LogP contribution in [-0.2, 0) is 4.65 Å². The summed E-state index contributed by atoms with van der Waals surface area (Å²) in [5.41, 5.74) is -6.26. The molecular formula is C13H18BF3O3S. The molecule has 0 fully saturated rings. The maximum Gasteiger partial charge on any atom is 0.491 e. The predicted molar refractivity (Wildman–Crippen MR) is 77.4 cm³/mol. The van der Waals surface area contributed by atoms with Crippen LogP contribution in [0.2, 0.25) is 0 Å². The third kappa shape index (κ3) is 5.54. The zero-order valence-electron chi connectivity index (χ0n) is 12.2. The lowest BCUT2D eigenvalue weighted by atomic mass is 9.76. The van der Waals surface area contributed by atoms with Crippen molar-refractivity contribution in [3.05, 3.63) is 24.3 Å². The fourth-order valence-electron chi connectivity index (χ4n) is 1.33. The van der Waals surface area contributed by atoms with E-state index in [1.54, 1.807) is 27.7 Å². The molecule has 0 aromatic heterocycles. The van der Waals surface area contributed by atoms with Crippen LogP contribution in [0.4, 0.5) is 13.2 Å². The summed E-state index contributed by atoms with van der Waals surface area (Å²) in [6.07, 6.45) is 0. The van der Waals surface area contributed by atoms with Crippen molar-refractivity contribution in [3.63, 3.8) is 0 Å². The molecule has 0 atom stereocenters. The van der Waals surface area contributed by atoms with Crippen molar-refractivity contribution in [3.8, 4) is 0 Å². The van der Waals surface area contributed by atoms with Crippen molar-refractivity contribution in [2.24, 2.45) is 0 Å². The Labute approximate surface area is 126 Å². The van der Waals surface area contributed by atoms with Crippen molar-refractivity contribution < 1.29 is 28.0 Å². The highest BCUT2D eigenvalue weighted by molar-refractivity contribution is 8.00. The van der Waals surface area contributed by atoms with E-state index in [9.17, 15) is 23.3 Å². The van der Waals surface area contributed by atoms with Gasteiger partial charge in [0.1, 0.15) is 0 Å². The minimum Gasteiger partial charge on any atom is -0.423 e. The number of rotatable bonds is 5. The molecular weight excluding hydrogens is 304 g/mol. The Kier molecular flexibility index (Phi) is 5.42. The fraction of sp³-hybridized carbons (Fsp3) is 0.538. The second kappa shape index (κ2) is 6.20. The summed E-state index contributed by atoms with van der Waals surface area (Å²) in [6, 6.07) is 5.24. The van der Waals surface area contributed by atoms with Gasteiger partial charge in [-0.3, -0.25) is 0 Å². The zero-order chi connectivity index (χ0) is 16.5. The van der Waals surface area contributed by atoms with E-state index in [2.05, 4.69) is 0 Å². The molecule has 1 aromatic carbocycles. The molecule has 2 N–H and O–H groups in total. The van der Waals surface area contributed by atoms with Crippen LogP contribution in [0, 0.1) is 0 Å². The van der Waals surface area contributed by atoms with Crippen LogP contribution in [0.1, 0.15) is 27.7 Å². The Morgan fingerprint density at radius 1 is 1.05 bits per heavy atom. The maximum atomic E-state index is 12.2. The number of halogens is 3. The van der Waals surface area contributed by atoms with E-state index in [4.69, 9.17) is 4.65 Å². The van der Waals surface area contributed by atoms with Gasteiger partial charge in [-0.25, -0.2) is 0 Å². The first-order valence-electron chi connectivity index (χ1n) is 6.26. The van der Waals surface area contributed by atoms with Crippen LogP contribution < -0.4 is 5.46 Å². The number of hydrogen-bond acceptors (Lipinski definition) is 4. The molecule has 0 amide bonds. The minimum atomic E-state index is -4.35. The van der Waals surface area contributed by atoms with Gasteiger partial charge in [0.2, 0.25) is 0 Å². The highest BCUT2D eigenvalue weighted by Gasteiger charge is 2.39. The van der Waals surface area contributed by atoms with E-state index in [1.165, 1.54) is 24.3 Å². The molecule has 1 aromatic rings. The molecule has 0 aliphatic rings. The molecule has 0 saturated carbocycles. The first kappa shape index (κ1) is 18.4. The molecule has 118 valence electrons. The quantitative estimate of drug-likeness (QED) is 0.646. The second-order valence-corrected chi connectivity index (χ2v) is 6.79. The van der Waals surface area contributed by atoms with Crippen LogP contribution in [0.5, 0.6) is 0 Å². The lowest BCUT2D eigenvalue weighted by Crippen LogP contribution is -2.53. The average Bonchev–Trinajstić information content (AvgIpc) is 2.25. The maximum absolute atomic E-state index is 12.2. The zero-order valence-corrected chi connectivity index (χ0v) is 13.0.